The average molecular weight is 357 g/mol. The Balaban J connectivity index is 1.79. The van der Waals surface area contributed by atoms with Crippen molar-refractivity contribution in [2.24, 2.45) is 0 Å². The molecule has 0 amide bonds. The second-order valence-corrected chi connectivity index (χ2v) is 6.92. The summed E-state index contributed by atoms with van der Waals surface area (Å²) in [5, 5.41) is 0. The summed E-state index contributed by atoms with van der Waals surface area (Å²) in [6.07, 6.45) is 1.02. The highest BCUT2D eigenvalue weighted by atomic mass is 16.5. The first-order chi connectivity index (χ1) is 13.2. The topological polar surface area (TPSA) is 29.5 Å². The maximum atomic E-state index is 11.7. The number of hydrogen-bond donors (Lipinski definition) is 0. The van der Waals surface area contributed by atoms with E-state index in [1.54, 1.807) is 14.0 Å². The third kappa shape index (κ3) is 3.33. The zero-order valence-corrected chi connectivity index (χ0v) is 15.7. The molecular weight excluding hydrogens is 334 g/mol. The molecule has 0 aliphatic carbocycles. The monoisotopic (exact) mass is 357 g/mol. The van der Waals surface area contributed by atoms with Gasteiger partial charge in [0.25, 0.3) is 0 Å². The molecule has 0 spiro atoms. The largest absolute Gasteiger partial charge is 0.497 e. The normalized spacial score (nSPS) is 15.9. The Bertz CT molecular complexity index is 945. The van der Waals surface area contributed by atoms with Gasteiger partial charge in [-0.2, -0.15) is 0 Å². The van der Waals surface area contributed by atoms with E-state index in [4.69, 9.17) is 4.74 Å². The Morgan fingerprint density at radius 3 is 2.33 bits per heavy atom. The van der Waals surface area contributed by atoms with Crippen LogP contribution in [0.3, 0.4) is 0 Å². The molecule has 1 heterocycles. The Morgan fingerprint density at radius 1 is 0.963 bits per heavy atom. The van der Waals surface area contributed by atoms with Gasteiger partial charge in [-0.15, -0.1) is 0 Å². The molecule has 1 atom stereocenters. The summed E-state index contributed by atoms with van der Waals surface area (Å²) in [5.41, 5.74) is 5.84. The molecule has 4 rings (SSSR count). The number of methoxy groups -OCH3 is 1. The van der Waals surface area contributed by atoms with Crippen molar-refractivity contribution < 1.29 is 9.53 Å². The van der Waals surface area contributed by atoms with Gasteiger partial charge in [0.1, 0.15) is 5.75 Å². The first-order valence-electron chi connectivity index (χ1n) is 9.27. The average Bonchev–Trinajstić information content (AvgIpc) is 2.73. The predicted octanol–water partition coefficient (Wildman–Crippen LogP) is 5.05. The number of fused-ring (bicyclic) bond motifs is 1. The molecule has 0 fully saturated rings. The zero-order chi connectivity index (χ0) is 18.8. The van der Waals surface area contributed by atoms with Crippen LogP contribution in [0.1, 0.15) is 40.0 Å². The first kappa shape index (κ1) is 17.3. The van der Waals surface area contributed by atoms with Gasteiger partial charge in [-0.05, 0) is 54.3 Å². The van der Waals surface area contributed by atoms with Crippen molar-refractivity contribution in [3.05, 3.63) is 95.1 Å². The van der Waals surface area contributed by atoms with Crippen molar-refractivity contribution in [2.75, 3.05) is 18.6 Å². The van der Waals surface area contributed by atoms with Crippen molar-refractivity contribution in [2.45, 2.75) is 19.4 Å². The van der Waals surface area contributed by atoms with E-state index < -0.39 is 0 Å². The summed E-state index contributed by atoms with van der Waals surface area (Å²) in [6, 6.07) is 25.1. The van der Waals surface area contributed by atoms with Crippen molar-refractivity contribution in [3.63, 3.8) is 0 Å². The van der Waals surface area contributed by atoms with Crippen LogP contribution in [0.5, 0.6) is 5.75 Å². The van der Waals surface area contributed by atoms with Crippen LogP contribution in [0.15, 0.2) is 72.8 Å². The minimum atomic E-state index is 0.0950. The second-order valence-electron chi connectivity index (χ2n) is 6.92. The number of anilines is 1. The highest BCUT2D eigenvalue weighted by Crippen LogP contribution is 2.38. The lowest BCUT2D eigenvalue weighted by atomic mass is 9.87. The molecule has 27 heavy (non-hydrogen) atoms. The summed E-state index contributed by atoms with van der Waals surface area (Å²) in [5.74, 6) is 0.955. The van der Waals surface area contributed by atoms with E-state index in [0.29, 0.717) is 0 Å². The van der Waals surface area contributed by atoms with Crippen LogP contribution in [0.2, 0.25) is 0 Å². The third-order valence-corrected chi connectivity index (χ3v) is 5.32. The lowest BCUT2D eigenvalue weighted by Crippen LogP contribution is -2.36. The van der Waals surface area contributed by atoms with Gasteiger partial charge in [-0.1, -0.05) is 48.5 Å². The number of carbonyl (C=O) groups is 1. The van der Waals surface area contributed by atoms with Crippen LogP contribution in [0.25, 0.3) is 0 Å². The molecule has 0 saturated heterocycles. The second kappa shape index (κ2) is 7.28. The zero-order valence-electron chi connectivity index (χ0n) is 15.7. The standard InChI is InChI=1S/C24H23NO2/c1-17(26)18-7-9-20(10-8-18)24-23-6-4-3-5-19(23)15-16-25(24)21-11-13-22(27-2)14-12-21/h3-14,24H,15-16H2,1-2H3. The van der Waals surface area contributed by atoms with E-state index in [1.807, 2.05) is 24.3 Å². The molecule has 0 radical (unpaired) electrons. The summed E-state index contributed by atoms with van der Waals surface area (Å²) in [4.78, 5) is 14.1. The van der Waals surface area contributed by atoms with Crippen molar-refractivity contribution in [1.29, 1.82) is 0 Å². The number of nitrogens with zero attached hydrogens (tertiary/aromatic N) is 1. The molecule has 1 aliphatic rings. The number of benzene rings is 3. The van der Waals surface area contributed by atoms with Crippen LogP contribution < -0.4 is 9.64 Å². The van der Waals surface area contributed by atoms with Crippen LogP contribution in [-0.2, 0) is 6.42 Å². The maximum absolute atomic E-state index is 11.7. The van der Waals surface area contributed by atoms with Crippen LogP contribution in [-0.4, -0.2) is 19.4 Å². The molecule has 1 unspecified atom stereocenters. The van der Waals surface area contributed by atoms with E-state index >= 15 is 0 Å². The number of rotatable bonds is 4. The van der Waals surface area contributed by atoms with Gasteiger partial charge >= 0.3 is 0 Å². The molecule has 0 N–H and O–H groups in total. The van der Waals surface area contributed by atoms with Crippen LogP contribution in [0, 0.1) is 0 Å². The van der Waals surface area contributed by atoms with Gasteiger partial charge in [0.2, 0.25) is 0 Å². The molecule has 0 aromatic heterocycles. The smallest absolute Gasteiger partial charge is 0.159 e. The summed E-state index contributed by atoms with van der Waals surface area (Å²) in [7, 11) is 1.69. The number of carbonyl (C=O) groups excluding carboxylic acids is 1. The molecular formula is C24H23NO2. The van der Waals surface area contributed by atoms with Crippen molar-refractivity contribution in [3.8, 4) is 5.75 Å². The SMILES string of the molecule is COc1ccc(N2CCc3ccccc3C2c2ccc(C(C)=O)cc2)cc1. The van der Waals surface area contributed by atoms with Gasteiger partial charge in [0, 0.05) is 17.8 Å². The van der Waals surface area contributed by atoms with E-state index in [9.17, 15) is 4.79 Å². The Labute approximate surface area is 160 Å². The molecule has 3 aromatic carbocycles. The summed E-state index contributed by atoms with van der Waals surface area (Å²) in [6.45, 7) is 2.55. The maximum Gasteiger partial charge on any atom is 0.159 e. The molecule has 136 valence electrons. The summed E-state index contributed by atoms with van der Waals surface area (Å²) < 4.78 is 5.31. The lowest BCUT2D eigenvalue weighted by molar-refractivity contribution is 0.101. The van der Waals surface area contributed by atoms with Gasteiger partial charge in [-0.25, -0.2) is 0 Å². The van der Waals surface area contributed by atoms with Crippen molar-refractivity contribution >= 4 is 11.5 Å². The van der Waals surface area contributed by atoms with Crippen molar-refractivity contribution in [1.82, 2.24) is 0 Å². The van der Waals surface area contributed by atoms with Gasteiger partial charge in [-0.3, -0.25) is 4.79 Å². The molecule has 3 heteroatoms. The number of Topliss-reactive ketones (excluding diaryl/α,β-unsaturated/α-hetero) is 1. The molecule has 0 saturated carbocycles. The van der Waals surface area contributed by atoms with E-state index in [2.05, 4.69) is 53.4 Å². The Kier molecular flexibility index (Phi) is 4.68. The quantitative estimate of drug-likeness (QED) is 0.612. The fourth-order valence-corrected chi connectivity index (χ4v) is 3.88. The summed E-state index contributed by atoms with van der Waals surface area (Å²) >= 11 is 0. The minimum Gasteiger partial charge on any atom is -0.497 e. The fraction of sp³-hybridized carbons (Fsp3) is 0.208. The van der Waals surface area contributed by atoms with E-state index in [0.717, 1.165) is 24.3 Å². The minimum absolute atomic E-state index is 0.0950. The highest BCUT2D eigenvalue weighted by molar-refractivity contribution is 5.94. The van der Waals surface area contributed by atoms with Gasteiger partial charge in [0.05, 0.1) is 13.2 Å². The van der Waals surface area contributed by atoms with Gasteiger partial charge < -0.3 is 9.64 Å². The Hall–Kier alpha value is -3.07. The molecule has 3 nitrogen and oxygen atoms in total. The molecule has 0 bridgehead atoms. The van der Waals surface area contributed by atoms with E-state index in [1.165, 1.54) is 22.4 Å². The first-order valence-corrected chi connectivity index (χ1v) is 9.27. The molecule has 3 aromatic rings. The number of hydrogen-bond acceptors (Lipinski definition) is 3. The molecule has 1 aliphatic heterocycles. The van der Waals surface area contributed by atoms with Crippen LogP contribution in [0.4, 0.5) is 5.69 Å². The van der Waals surface area contributed by atoms with Gasteiger partial charge in [0.15, 0.2) is 5.78 Å². The lowest BCUT2D eigenvalue weighted by Gasteiger charge is -2.39. The van der Waals surface area contributed by atoms with E-state index in [-0.39, 0.29) is 11.8 Å². The fourth-order valence-electron chi connectivity index (χ4n) is 3.88. The number of ketones is 1. The highest BCUT2D eigenvalue weighted by Gasteiger charge is 2.28. The van der Waals surface area contributed by atoms with Crippen LogP contribution >= 0.6 is 0 Å². The Morgan fingerprint density at radius 2 is 1.67 bits per heavy atom. The number of ether oxygens (including phenoxy) is 1. The third-order valence-electron chi connectivity index (χ3n) is 5.32. The predicted molar refractivity (Wildman–Crippen MR) is 109 cm³/mol.